The van der Waals surface area contributed by atoms with Crippen molar-refractivity contribution in [2.24, 2.45) is 5.73 Å². The van der Waals surface area contributed by atoms with Gasteiger partial charge in [0, 0.05) is 105 Å². The largest absolute Gasteiger partial charge is 0.360 e. The molecule has 0 unspecified atom stereocenters. The predicted octanol–water partition coefficient (Wildman–Crippen LogP) is 13.1. The van der Waals surface area contributed by atoms with Crippen LogP contribution in [-0.2, 0) is 22.4 Å². The van der Waals surface area contributed by atoms with Crippen LogP contribution >= 0.6 is 59.6 Å². The number of halogens is 5. The van der Waals surface area contributed by atoms with Crippen molar-refractivity contribution in [1.82, 2.24) is 55.0 Å². The van der Waals surface area contributed by atoms with Crippen molar-refractivity contribution in [3.8, 4) is 22.5 Å². The molecule has 0 atom stereocenters. The number of hydrogen-bond acceptors (Lipinski definition) is 11. The number of nitrogens with zero attached hydrogens (tertiary/aromatic N) is 6. The second-order valence-electron chi connectivity index (χ2n) is 18.5. The Morgan fingerprint density at radius 3 is 1.54 bits per heavy atom. The van der Waals surface area contributed by atoms with Crippen molar-refractivity contribution in [3.63, 3.8) is 0 Å². The highest BCUT2D eigenvalue weighted by Gasteiger charge is 2.16. The third-order valence-electron chi connectivity index (χ3n) is 12.2. The van der Waals surface area contributed by atoms with E-state index in [1.54, 1.807) is 12.4 Å². The lowest BCUT2D eigenvalue weighted by Gasteiger charge is -2.09. The quantitative estimate of drug-likeness (QED) is 0.0356. The third kappa shape index (κ3) is 16.9. The van der Waals surface area contributed by atoms with Gasteiger partial charge in [0.2, 0.25) is 23.0 Å². The smallest absolute Gasteiger partial charge is 0.227 e. The summed E-state index contributed by atoms with van der Waals surface area (Å²) >= 11 is 18.0. The van der Waals surface area contributed by atoms with Gasteiger partial charge in [-0.3, -0.25) is 9.59 Å². The molecule has 1 amide bonds. The number of para-hydroxylation sites is 2. The molecule has 78 heavy (non-hydrogen) atoms. The van der Waals surface area contributed by atoms with Crippen molar-refractivity contribution < 1.29 is 9.59 Å². The van der Waals surface area contributed by atoms with Crippen LogP contribution in [0.3, 0.4) is 0 Å². The van der Waals surface area contributed by atoms with Crippen LogP contribution in [0.5, 0.6) is 0 Å². The van der Waals surface area contributed by atoms with Gasteiger partial charge in [0.15, 0.2) is 0 Å². The SMILES string of the molecule is C.CN(C)CCCC(=O)Cl.CN(C)CCCC(=O)NCCc1cc2ccc(Nc3ncc(Cl)c(-c4c[nH]c5ccccc45)n3)cc2[nH]1.Cl.Cl.NCCc1cc2ccc(Nc3ncc(Cl)c(-c4c[nH]c5ccccc45)n3)cc2[nH]1. The molecule has 4 aromatic carbocycles. The number of rotatable bonds is 19. The van der Waals surface area contributed by atoms with Crippen LogP contribution in [0, 0.1) is 0 Å². The number of nitrogens with one attached hydrogen (secondary N) is 7. The molecule has 0 bridgehead atoms. The average molecular weight is 1160 g/mol. The standard InChI is InChI=1S/C28H30ClN7O.C22H19ClN6.C6H12ClNO.CH4.2ClH/c1-36(2)13-5-8-26(37)30-12-11-20-14-18-9-10-19(15-25(18)33-20)34-28-32-17-23(29)27(35-28)22-16-31-24-7-4-3-6-21(22)24;23-18-12-26-22(29-21(18)17-11-25-19-4-2-1-3-16(17)19)28-14-6-5-13-9-15(7-8-24)27-20(13)10-14;1-8(2)5-3-4-6(7)9;;;/h3-4,6-7,9-10,14-17,31,33H,5,8,11-13H2,1-2H3,(H,30,37)(H,32,34,35);1-6,9-12,25,27H,7-8,24H2,(H,26,28,29);3-5H2,1-2H3;1H4;2*1H. The third-order valence-corrected chi connectivity index (χ3v) is 12.9. The summed E-state index contributed by atoms with van der Waals surface area (Å²) in [6, 6.07) is 32.5. The number of hydrogen-bond donors (Lipinski definition) is 8. The van der Waals surface area contributed by atoms with Gasteiger partial charge in [0.25, 0.3) is 0 Å². The van der Waals surface area contributed by atoms with Crippen LogP contribution in [0.1, 0.15) is 44.5 Å². The number of aromatic amines is 4. The maximum absolute atomic E-state index is 12.0. The van der Waals surface area contributed by atoms with Gasteiger partial charge in [0.1, 0.15) is 0 Å². The lowest BCUT2D eigenvalue weighted by atomic mass is 10.1. The summed E-state index contributed by atoms with van der Waals surface area (Å²) in [5.41, 5.74) is 17.0. The van der Waals surface area contributed by atoms with E-state index < -0.39 is 0 Å². The van der Waals surface area contributed by atoms with Crippen LogP contribution in [0.4, 0.5) is 23.3 Å². The first-order valence-electron chi connectivity index (χ1n) is 24.7. The van der Waals surface area contributed by atoms with Gasteiger partial charge in [-0.05, 0) is 138 Å². The first-order chi connectivity index (χ1) is 36.3. The van der Waals surface area contributed by atoms with Crippen molar-refractivity contribution in [2.45, 2.75) is 46.0 Å². The molecule has 0 saturated heterocycles. The van der Waals surface area contributed by atoms with E-state index in [1.165, 1.54) is 0 Å². The normalized spacial score (nSPS) is 10.8. The molecule has 21 heteroatoms. The molecule has 0 aliphatic rings. The van der Waals surface area contributed by atoms with Gasteiger partial charge in [-0.15, -0.1) is 24.8 Å². The van der Waals surface area contributed by atoms with Crippen LogP contribution < -0.4 is 21.7 Å². The molecule has 10 aromatic rings. The van der Waals surface area contributed by atoms with Crippen molar-refractivity contribution in [3.05, 3.63) is 143 Å². The number of aromatic nitrogens is 8. The molecular weight excluding hydrogens is 1090 g/mol. The maximum Gasteiger partial charge on any atom is 0.227 e. The van der Waals surface area contributed by atoms with E-state index in [9.17, 15) is 9.59 Å². The number of fused-ring (bicyclic) bond motifs is 4. The summed E-state index contributed by atoms with van der Waals surface area (Å²) in [4.78, 5) is 57.8. The Hall–Kier alpha value is -6.73. The molecule has 6 aromatic heterocycles. The second-order valence-corrected chi connectivity index (χ2v) is 19.8. The monoisotopic (exact) mass is 1150 g/mol. The zero-order chi connectivity index (χ0) is 52.8. The minimum atomic E-state index is -0.239. The number of H-pyrrole nitrogens is 4. The van der Waals surface area contributed by atoms with Gasteiger partial charge < -0.3 is 51.4 Å². The highest BCUT2D eigenvalue weighted by atomic mass is 35.5. The Balaban J connectivity index is 0.000000245. The first kappa shape index (κ1) is 62.1. The summed E-state index contributed by atoms with van der Waals surface area (Å²) in [5, 5.41) is 14.7. The van der Waals surface area contributed by atoms with E-state index in [2.05, 4.69) is 73.9 Å². The molecule has 412 valence electrons. The van der Waals surface area contributed by atoms with Crippen LogP contribution in [0.25, 0.3) is 66.1 Å². The number of amides is 1. The summed E-state index contributed by atoms with van der Waals surface area (Å²) in [6.45, 7) is 3.07. The van der Waals surface area contributed by atoms with Gasteiger partial charge in [-0.2, -0.15) is 0 Å². The Kier molecular flexibility index (Phi) is 23.8. The number of carbonyl (C=O) groups excluding carboxylic acids is 2. The molecule has 0 spiro atoms. The molecular formula is C57H67Cl5N14O2. The van der Waals surface area contributed by atoms with E-state index in [0.717, 1.165) is 116 Å². The molecule has 9 N–H and O–H groups in total. The van der Waals surface area contributed by atoms with E-state index in [-0.39, 0.29) is 43.4 Å². The highest BCUT2D eigenvalue weighted by molar-refractivity contribution is 6.63. The minimum Gasteiger partial charge on any atom is -0.360 e. The molecule has 0 aliphatic carbocycles. The molecule has 0 radical (unpaired) electrons. The predicted molar refractivity (Wildman–Crippen MR) is 329 cm³/mol. The lowest BCUT2D eigenvalue weighted by Crippen LogP contribution is -2.26. The van der Waals surface area contributed by atoms with Crippen LogP contribution in [0.2, 0.25) is 10.0 Å². The molecule has 0 fully saturated rings. The van der Waals surface area contributed by atoms with Crippen molar-refractivity contribution >= 4 is 138 Å². The fourth-order valence-corrected chi connectivity index (χ4v) is 9.01. The average Bonchev–Trinajstić information content (AvgIpc) is 4.22. The Morgan fingerprint density at radius 1 is 0.615 bits per heavy atom. The Bertz CT molecular complexity index is 3540. The number of benzene rings is 4. The zero-order valence-electron chi connectivity index (χ0n) is 43.1. The maximum atomic E-state index is 12.0. The lowest BCUT2D eigenvalue weighted by molar-refractivity contribution is -0.121. The van der Waals surface area contributed by atoms with Crippen LogP contribution in [0.15, 0.2) is 122 Å². The van der Waals surface area contributed by atoms with Gasteiger partial charge in [-0.25, -0.2) is 19.9 Å². The minimum absolute atomic E-state index is 0. The van der Waals surface area contributed by atoms with Crippen LogP contribution in [-0.4, -0.2) is 115 Å². The first-order valence-corrected chi connectivity index (χ1v) is 25.8. The topological polar surface area (TPSA) is 217 Å². The molecule has 0 saturated carbocycles. The van der Waals surface area contributed by atoms with Gasteiger partial charge in [-0.1, -0.05) is 79.2 Å². The fraction of sp³-hybridized carbons (Fsp3) is 0.263. The van der Waals surface area contributed by atoms with E-state index in [0.29, 0.717) is 59.3 Å². The van der Waals surface area contributed by atoms with Crippen molar-refractivity contribution in [1.29, 1.82) is 0 Å². The fourth-order valence-electron chi connectivity index (χ4n) is 8.50. The molecule has 16 nitrogen and oxygen atoms in total. The van der Waals surface area contributed by atoms with E-state index in [4.69, 9.17) is 45.5 Å². The molecule has 0 aliphatic heterocycles. The highest BCUT2D eigenvalue weighted by Crippen LogP contribution is 2.35. The summed E-state index contributed by atoms with van der Waals surface area (Å²) < 4.78 is 0. The van der Waals surface area contributed by atoms with Gasteiger partial charge in [0.05, 0.1) is 33.8 Å². The number of nitrogens with two attached hydrogens (primary N) is 1. The summed E-state index contributed by atoms with van der Waals surface area (Å²) in [6.07, 6.45) is 11.4. The Morgan fingerprint density at radius 2 is 1.08 bits per heavy atom. The van der Waals surface area contributed by atoms with Gasteiger partial charge >= 0.3 is 0 Å². The summed E-state index contributed by atoms with van der Waals surface area (Å²) in [5.74, 6) is 1.05. The Labute approximate surface area is 481 Å². The van der Waals surface area contributed by atoms with E-state index in [1.807, 2.05) is 124 Å². The second kappa shape index (κ2) is 29.9. The zero-order valence-corrected chi connectivity index (χ0v) is 47.0. The molecule has 10 rings (SSSR count). The van der Waals surface area contributed by atoms with Crippen molar-refractivity contribution in [2.75, 3.05) is 65.0 Å². The number of carbonyl (C=O) groups is 2. The van der Waals surface area contributed by atoms with E-state index >= 15 is 0 Å². The number of anilines is 4. The molecule has 6 heterocycles. The summed E-state index contributed by atoms with van der Waals surface area (Å²) in [7, 11) is 7.97.